The SMILES string of the molecule is COC(=O)c1cc2c(s1)CCC(CCn1ccnc1)C2. The number of rotatable bonds is 4. The quantitative estimate of drug-likeness (QED) is 0.813. The molecule has 2 heterocycles. The van der Waals surface area contributed by atoms with Gasteiger partial charge >= 0.3 is 5.97 Å². The first-order valence-electron chi connectivity index (χ1n) is 6.92. The number of methoxy groups -OCH3 is 1. The summed E-state index contributed by atoms with van der Waals surface area (Å²) in [6, 6.07) is 2.02. The van der Waals surface area contributed by atoms with Gasteiger partial charge in [0.05, 0.1) is 13.4 Å². The van der Waals surface area contributed by atoms with Crippen LogP contribution in [0.5, 0.6) is 0 Å². The normalized spacial score (nSPS) is 17.8. The van der Waals surface area contributed by atoms with Gasteiger partial charge in [0.2, 0.25) is 0 Å². The van der Waals surface area contributed by atoms with Gasteiger partial charge < -0.3 is 9.30 Å². The van der Waals surface area contributed by atoms with Gasteiger partial charge in [0, 0.05) is 23.8 Å². The second-order valence-electron chi connectivity index (χ2n) is 5.25. The van der Waals surface area contributed by atoms with Crippen LogP contribution in [0.3, 0.4) is 0 Å². The van der Waals surface area contributed by atoms with E-state index in [-0.39, 0.29) is 5.97 Å². The second-order valence-corrected chi connectivity index (χ2v) is 6.39. The number of hydrogen-bond donors (Lipinski definition) is 0. The average molecular weight is 290 g/mol. The van der Waals surface area contributed by atoms with Crippen molar-refractivity contribution >= 4 is 17.3 Å². The first kappa shape index (κ1) is 13.4. The number of imidazole rings is 1. The zero-order valence-electron chi connectivity index (χ0n) is 11.5. The van der Waals surface area contributed by atoms with E-state index in [4.69, 9.17) is 4.74 Å². The number of thiophene rings is 1. The van der Waals surface area contributed by atoms with E-state index in [9.17, 15) is 4.79 Å². The molecule has 0 spiro atoms. The lowest BCUT2D eigenvalue weighted by atomic mass is 9.86. The number of carbonyl (C=O) groups is 1. The Bertz CT molecular complexity index is 589. The summed E-state index contributed by atoms with van der Waals surface area (Å²) in [4.78, 5) is 17.7. The van der Waals surface area contributed by atoms with Crippen LogP contribution in [0.15, 0.2) is 24.8 Å². The fourth-order valence-corrected chi connectivity index (χ4v) is 3.92. The zero-order valence-corrected chi connectivity index (χ0v) is 12.4. The van der Waals surface area contributed by atoms with Crippen LogP contribution in [0.4, 0.5) is 0 Å². The molecule has 0 bridgehead atoms. The Balaban J connectivity index is 1.63. The van der Waals surface area contributed by atoms with Gasteiger partial charge in [-0.15, -0.1) is 11.3 Å². The van der Waals surface area contributed by atoms with Crippen molar-refractivity contribution in [2.75, 3.05) is 7.11 Å². The van der Waals surface area contributed by atoms with Crippen molar-refractivity contribution in [3.8, 4) is 0 Å². The number of nitrogens with zero attached hydrogens (tertiary/aromatic N) is 2. The molecular formula is C15H18N2O2S. The minimum Gasteiger partial charge on any atom is -0.465 e. The molecule has 0 saturated heterocycles. The predicted molar refractivity (Wildman–Crippen MR) is 78.0 cm³/mol. The molecule has 4 nitrogen and oxygen atoms in total. The Morgan fingerprint density at radius 3 is 3.25 bits per heavy atom. The van der Waals surface area contributed by atoms with Crippen molar-refractivity contribution < 1.29 is 9.53 Å². The molecule has 0 amide bonds. The number of aryl methyl sites for hydroxylation is 2. The maximum absolute atomic E-state index is 11.6. The lowest BCUT2D eigenvalue weighted by Crippen LogP contribution is -2.14. The lowest BCUT2D eigenvalue weighted by Gasteiger charge is -2.22. The first-order chi connectivity index (χ1) is 9.76. The van der Waals surface area contributed by atoms with Gasteiger partial charge in [0.15, 0.2) is 0 Å². The number of carbonyl (C=O) groups excluding carboxylic acids is 1. The third-order valence-electron chi connectivity index (χ3n) is 3.93. The minimum absolute atomic E-state index is 0.209. The van der Waals surface area contributed by atoms with Crippen LogP contribution in [-0.2, 0) is 24.1 Å². The first-order valence-corrected chi connectivity index (χ1v) is 7.73. The van der Waals surface area contributed by atoms with Gasteiger partial charge in [-0.3, -0.25) is 0 Å². The zero-order chi connectivity index (χ0) is 13.9. The molecule has 5 heteroatoms. The second kappa shape index (κ2) is 5.79. The summed E-state index contributed by atoms with van der Waals surface area (Å²) < 4.78 is 6.93. The number of hydrogen-bond acceptors (Lipinski definition) is 4. The molecule has 0 N–H and O–H groups in total. The molecular weight excluding hydrogens is 272 g/mol. The molecule has 20 heavy (non-hydrogen) atoms. The van der Waals surface area contributed by atoms with Gasteiger partial charge in [-0.25, -0.2) is 9.78 Å². The lowest BCUT2D eigenvalue weighted by molar-refractivity contribution is 0.0606. The van der Waals surface area contributed by atoms with Gasteiger partial charge in [0.1, 0.15) is 4.88 Å². The van der Waals surface area contributed by atoms with Crippen molar-refractivity contribution in [3.05, 3.63) is 40.1 Å². The molecule has 3 rings (SSSR count). The highest BCUT2D eigenvalue weighted by atomic mass is 32.1. The summed E-state index contributed by atoms with van der Waals surface area (Å²) in [5.41, 5.74) is 1.34. The summed E-state index contributed by atoms with van der Waals surface area (Å²) in [7, 11) is 1.44. The fourth-order valence-electron chi connectivity index (χ4n) is 2.80. The molecule has 0 radical (unpaired) electrons. The van der Waals surface area contributed by atoms with Crippen LogP contribution in [-0.4, -0.2) is 22.6 Å². The van der Waals surface area contributed by atoms with E-state index in [1.54, 1.807) is 11.3 Å². The summed E-state index contributed by atoms with van der Waals surface area (Å²) in [6.07, 6.45) is 10.2. The number of fused-ring (bicyclic) bond motifs is 1. The summed E-state index contributed by atoms with van der Waals surface area (Å²) in [5.74, 6) is 0.490. The predicted octanol–water partition coefficient (Wildman–Crippen LogP) is 2.93. The highest BCUT2D eigenvalue weighted by Crippen LogP contribution is 2.34. The van der Waals surface area contributed by atoms with Crippen molar-refractivity contribution in [2.24, 2.45) is 5.92 Å². The van der Waals surface area contributed by atoms with Crippen molar-refractivity contribution in [1.29, 1.82) is 0 Å². The van der Waals surface area contributed by atoms with Crippen LogP contribution in [0.2, 0.25) is 0 Å². The monoisotopic (exact) mass is 290 g/mol. The molecule has 2 aromatic heterocycles. The van der Waals surface area contributed by atoms with Crippen LogP contribution in [0, 0.1) is 5.92 Å². The van der Waals surface area contributed by atoms with Crippen LogP contribution >= 0.6 is 11.3 Å². The van der Waals surface area contributed by atoms with Crippen molar-refractivity contribution in [1.82, 2.24) is 9.55 Å². The van der Waals surface area contributed by atoms with E-state index in [0.717, 1.165) is 24.3 Å². The van der Waals surface area contributed by atoms with E-state index < -0.39 is 0 Å². The van der Waals surface area contributed by atoms with E-state index in [0.29, 0.717) is 5.92 Å². The van der Waals surface area contributed by atoms with Crippen molar-refractivity contribution in [2.45, 2.75) is 32.2 Å². The number of aromatic nitrogens is 2. The number of esters is 1. The average Bonchev–Trinajstić information content (AvgIpc) is 3.12. The maximum atomic E-state index is 11.6. The number of ether oxygens (including phenoxy) is 1. The van der Waals surface area contributed by atoms with Gasteiger partial charge in [0.25, 0.3) is 0 Å². The largest absolute Gasteiger partial charge is 0.465 e. The Hall–Kier alpha value is -1.62. The smallest absolute Gasteiger partial charge is 0.348 e. The third-order valence-corrected chi connectivity index (χ3v) is 5.14. The van der Waals surface area contributed by atoms with Crippen LogP contribution in [0.25, 0.3) is 0 Å². The Labute approximate surface area is 122 Å². The summed E-state index contributed by atoms with van der Waals surface area (Å²) >= 11 is 1.60. The molecule has 0 aliphatic heterocycles. The molecule has 0 saturated carbocycles. The minimum atomic E-state index is -0.209. The van der Waals surface area contributed by atoms with Gasteiger partial charge in [-0.1, -0.05) is 0 Å². The maximum Gasteiger partial charge on any atom is 0.348 e. The van der Waals surface area contributed by atoms with Crippen molar-refractivity contribution in [3.63, 3.8) is 0 Å². The van der Waals surface area contributed by atoms with E-state index >= 15 is 0 Å². The molecule has 0 fully saturated rings. The topological polar surface area (TPSA) is 44.1 Å². The summed E-state index contributed by atoms with van der Waals surface area (Å²) in [5, 5.41) is 0. The molecule has 1 unspecified atom stereocenters. The molecule has 106 valence electrons. The molecule has 1 aliphatic rings. The Morgan fingerprint density at radius 2 is 2.50 bits per heavy atom. The van der Waals surface area contributed by atoms with Crippen LogP contribution < -0.4 is 0 Å². The molecule has 1 atom stereocenters. The highest BCUT2D eigenvalue weighted by Gasteiger charge is 2.23. The van der Waals surface area contributed by atoms with Gasteiger partial charge in [-0.2, -0.15) is 0 Å². The van der Waals surface area contributed by atoms with E-state index in [2.05, 4.69) is 9.55 Å². The Kier molecular flexibility index (Phi) is 3.87. The fraction of sp³-hybridized carbons (Fsp3) is 0.467. The summed E-state index contributed by atoms with van der Waals surface area (Å²) in [6.45, 7) is 1.02. The highest BCUT2D eigenvalue weighted by molar-refractivity contribution is 7.14. The Morgan fingerprint density at radius 1 is 1.60 bits per heavy atom. The van der Waals surface area contributed by atoms with E-state index in [1.807, 2.05) is 24.8 Å². The van der Waals surface area contributed by atoms with E-state index in [1.165, 1.54) is 30.4 Å². The molecule has 0 aromatic carbocycles. The van der Waals surface area contributed by atoms with Crippen LogP contribution in [0.1, 0.15) is 33.0 Å². The van der Waals surface area contributed by atoms with Gasteiger partial charge in [-0.05, 0) is 43.2 Å². The third kappa shape index (κ3) is 2.77. The standard InChI is InChI=1S/C15H18N2O2S/c1-19-15(18)14-9-12-8-11(2-3-13(12)20-14)4-6-17-7-5-16-10-17/h5,7,9-11H,2-4,6,8H2,1H3. The molecule has 2 aromatic rings. The molecule has 1 aliphatic carbocycles.